The molecule has 54 valence electrons. The highest BCUT2D eigenvalue weighted by Crippen LogP contribution is 2.10. The fourth-order valence-electron chi connectivity index (χ4n) is 0.977. The molecular weight excluding hydrogens is 139 g/mol. The molecule has 0 amide bonds. The lowest BCUT2D eigenvalue weighted by Crippen LogP contribution is -2.00. The maximum Gasteiger partial charge on any atom is -0.0271 e. The Balaban J connectivity index is 3.34. The van der Waals surface area contributed by atoms with Crippen molar-refractivity contribution in [3.63, 3.8) is 0 Å². The summed E-state index contributed by atoms with van der Waals surface area (Å²) in [6.07, 6.45) is 0. The minimum atomic E-state index is 1.31. The van der Waals surface area contributed by atoms with Gasteiger partial charge in [-0.05, 0) is 42.8 Å². The fourth-order valence-corrected chi connectivity index (χ4v) is 1.29. The van der Waals surface area contributed by atoms with Crippen molar-refractivity contribution in [1.82, 2.24) is 0 Å². The van der Waals surface area contributed by atoms with Gasteiger partial charge in [0.05, 0.1) is 0 Å². The molecule has 1 rings (SSSR count). The first kappa shape index (κ1) is 7.75. The molecule has 0 bridgehead atoms. The van der Waals surface area contributed by atoms with E-state index in [0.717, 1.165) is 0 Å². The zero-order chi connectivity index (χ0) is 7.72. The van der Waals surface area contributed by atoms with Crippen molar-refractivity contribution in [1.29, 1.82) is 0 Å². The molecule has 1 heteroatoms. The predicted molar refractivity (Wildman–Crippen MR) is 50.0 cm³/mol. The summed E-state index contributed by atoms with van der Waals surface area (Å²) in [5, 5.41) is 1.31. The van der Waals surface area contributed by atoms with Crippen molar-refractivity contribution < 1.29 is 0 Å². The summed E-state index contributed by atoms with van der Waals surface area (Å²) >= 11 is 0. The van der Waals surface area contributed by atoms with Gasteiger partial charge >= 0.3 is 0 Å². The Labute approximate surface area is 64.9 Å². The van der Waals surface area contributed by atoms with E-state index in [2.05, 4.69) is 42.1 Å². The minimum absolute atomic E-state index is 1.31. The summed E-state index contributed by atoms with van der Waals surface area (Å²) in [4.78, 5) is 0. The second-order valence-electron chi connectivity index (χ2n) is 2.72. The van der Waals surface area contributed by atoms with Crippen LogP contribution in [0.5, 0.6) is 0 Å². The largest absolute Gasteiger partial charge is 0.105 e. The van der Waals surface area contributed by atoms with Crippen LogP contribution in [0.3, 0.4) is 0 Å². The summed E-state index contributed by atoms with van der Waals surface area (Å²) in [5.74, 6) is 0. The van der Waals surface area contributed by atoms with Crippen LogP contribution in [0.1, 0.15) is 16.7 Å². The molecule has 0 radical (unpaired) electrons. The summed E-state index contributed by atoms with van der Waals surface area (Å²) in [6.45, 7) is 6.47. The molecule has 0 aromatic heterocycles. The minimum Gasteiger partial charge on any atom is -0.105 e. The molecule has 1 unspecified atom stereocenters. The van der Waals surface area contributed by atoms with E-state index >= 15 is 0 Å². The molecule has 0 aliphatic heterocycles. The standard InChI is InChI=1S/C9H13P/c1-6-4-5-9(10)8(3)7(6)2/h4-5H,10H2,1-3H3. The van der Waals surface area contributed by atoms with E-state index in [1.54, 1.807) is 0 Å². The van der Waals surface area contributed by atoms with E-state index in [9.17, 15) is 0 Å². The molecule has 0 spiro atoms. The van der Waals surface area contributed by atoms with Gasteiger partial charge in [-0.1, -0.05) is 12.1 Å². The van der Waals surface area contributed by atoms with E-state index in [-0.39, 0.29) is 0 Å². The molecular formula is C9H13P. The van der Waals surface area contributed by atoms with Gasteiger partial charge in [0.15, 0.2) is 0 Å². The van der Waals surface area contributed by atoms with Crippen LogP contribution in [0.4, 0.5) is 0 Å². The molecule has 1 aromatic rings. The molecule has 0 saturated heterocycles. The lowest BCUT2D eigenvalue weighted by Gasteiger charge is -2.05. The van der Waals surface area contributed by atoms with Gasteiger partial charge < -0.3 is 0 Å². The smallest absolute Gasteiger partial charge is 0.0271 e. The average Bonchev–Trinajstić information content (AvgIpc) is 1.93. The molecule has 10 heavy (non-hydrogen) atoms. The van der Waals surface area contributed by atoms with E-state index in [1.165, 1.54) is 22.0 Å². The first-order valence-corrected chi connectivity index (χ1v) is 4.03. The maximum absolute atomic E-state index is 2.74. The normalized spacial score (nSPS) is 10.0. The summed E-state index contributed by atoms with van der Waals surface area (Å²) < 4.78 is 0. The molecule has 0 saturated carbocycles. The zero-order valence-electron chi connectivity index (χ0n) is 6.73. The lowest BCUT2D eigenvalue weighted by molar-refractivity contribution is 1.29. The topological polar surface area (TPSA) is 0 Å². The molecule has 0 nitrogen and oxygen atoms in total. The molecule has 0 heterocycles. The maximum atomic E-state index is 2.74. The van der Waals surface area contributed by atoms with Crippen LogP contribution in [0.2, 0.25) is 0 Å². The first-order valence-electron chi connectivity index (χ1n) is 3.45. The van der Waals surface area contributed by atoms with Crippen molar-refractivity contribution in [3.05, 3.63) is 28.8 Å². The Bertz CT molecular complexity index is 224. The molecule has 0 aliphatic rings. The molecule has 1 atom stereocenters. The van der Waals surface area contributed by atoms with Crippen LogP contribution in [0.25, 0.3) is 0 Å². The Kier molecular flexibility index (Phi) is 2.11. The van der Waals surface area contributed by atoms with E-state index < -0.39 is 0 Å². The highest BCUT2D eigenvalue weighted by atomic mass is 31.0. The third-order valence-electron chi connectivity index (χ3n) is 2.10. The molecule has 0 fully saturated rings. The molecule has 0 aliphatic carbocycles. The fraction of sp³-hybridized carbons (Fsp3) is 0.333. The van der Waals surface area contributed by atoms with Crippen LogP contribution >= 0.6 is 9.24 Å². The average molecular weight is 152 g/mol. The van der Waals surface area contributed by atoms with Crippen molar-refractivity contribution in [2.24, 2.45) is 0 Å². The number of hydrogen-bond donors (Lipinski definition) is 0. The zero-order valence-corrected chi connectivity index (χ0v) is 7.89. The highest BCUT2D eigenvalue weighted by Gasteiger charge is 1.97. The van der Waals surface area contributed by atoms with Gasteiger partial charge in [-0.25, -0.2) is 0 Å². The lowest BCUT2D eigenvalue weighted by atomic mass is 10.1. The summed E-state index contributed by atoms with van der Waals surface area (Å²) in [7, 11) is 2.74. The second kappa shape index (κ2) is 2.72. The molecule has 0 N–H and O–H groups in total. The number of benzene rings is 1. The van der Waals surface area contributed by atoms with Gasteiger partial charge in [0.1, 0.15) is 0 Å². The van der Waals surface area contributed by atoms with Gasteiger partial charge in [0, 0.05) is 0 Å². The van der Waals surface area contributed by atoms with Crippen LogP contribution in [-0.4, -0.2) is 0 Å². The Morgan fingerprint density at radius 1 is 1.00 bits per heavy atom. The monoisotopic (exact) mass is 152 g/mol. The van der Waals surface area contributed by atoms with Crippen molar-refractivity contribution in [2.75, 3.05) is 0 Å². The number of rotatable bonds is 0. The van der Waals surface area contributed by atoms with E-state index in [4.69, 9.17) is 0 Å². The SMILES string of the molecule is Cc1ccc(P)c(C)c1C. The predicted octanol–water partition coefficient (Wildman–Crippen LogP) is 2.11. The van der Waals surface area contributed by atoms with E-state index in [1.807, 2.05) is 0 Å². The van der Waals surface area contributed by atoms with Crippen LogP contribution in [-0.2, 0) is 0 Å². The van der Waals surface area contributed by atoms with Gasteiger partial charge in [0.2, 0.25) is 0 Å². The van der Waals surface area contributed by atoms with Crippen molar-refractivity contribution >= 4 is 14.5 Å². The van der Waals surface area contributed by atoms with Gasteiger partial charge in [0.25, 0.3) is 0 Å². The van der Waals surface area contributed by atoms with Gasteiger partial charge in [-0.15, -0.1) is 9.24 Å². The Morgan fingerprint density at radius 3 is 2.10 bits per heavy atom. The van der Waals surface area contributed by atoms with Crippen LogP contribution in [0, 0.1) is 20.8 Å². The highest BCUT2D eigenvalue weighted by molar-refractivity contribution is 7.27. The van der Waals surface area contributed by atoms with E-state index in [0.29, 0.717) is 0 Å². The Morgan fingerprint density at radius 2 is 1.60 bits per heavy atom. The summed E-state index contributed by atoms with van der Waals surface area (Å²) in [6, 6.07) is 4.30. The number of hydrogen-bond acceptors (Lipinski definition) is 0. The van der Waals surface area contributed by atoms with Crippen molar-refractivity contribution in [2.45, 2.75) is 20.8 Å². The number of aryl methyl sites for hydroxylation is 1. The third kappa shape index (κ3) is 1.22. The van der Waals surface area contributed by atoms with Crippen LogP contribution in [0.15, 0.2) is 12.1 Å². The first-order chi connectivity index (χ1) is 4.63. The quantitative estimate of drug-likeness (QED) is 0.499. The Hall–Kier alpha value is -0.350. The van der Waals surface area contributed by atoms with Gasteiger partial charge in [-0.3, -0.25) is 0 Å². The molecule has 1 aromatic carbocycles. The summed E-state index contributed by atoms with van der Waals surface area (Å²) in [5.41, 5.74) is 4.18. The third-order valence-corrected chi connectivity index (χ3v) is 2.73. The van der Waals surface area contributed by atoms with Gasteiger partial charge in [-0.2, -0.15) is 0 Å². The van der Waals surface area contributed by atoms with Crippen LogP contribution < -0.4 is 5.30 Å². The second-order valence-corrected chi connectivity index (χ2v) is 3.34. The van der Waals surface area contributed by atoms with Crippen molar-refractivity contribution in [3.8, 4) is 0 Å².